The Labute approximate surface area is 146 Å². The lowest BCUT2D eigenvalue weighted by atomic mass is 10.0. The molecule has 0 aliphatic carbocycles. The van der Waals surface area contributed by atoms with Crippen LogP contribution in [0.25, 0.3) is 0 Å². The van der Waals surface area contributed by atoms with Crippen LogP contribution in [0, 0.1) is 0 Å². The van der Waals surface area contributed by atoms with Gasteiger partial charge in [-0.3, -0.25) is 4.79 Å². The molecule has 5 heteroatoms. The number of likely N-dealkylation sites (tertiary alicyclic amines) is 1. The number of rotatable bonds is 6. The Morgan fingerprint density at radius 3 is 3.00 bits per heavy atom. The number of hydrogen-bond acceptors (Lipinski definition) is 2. The van der Waals surface area contributed by atoms with Gasteiger partial charge in [-0.15, -0.1) is 0 Å². The van der Waals surface area contributed by atoms with Gasteiger partial charge >= 0.3 is 0 Å². The first-order chi connectivity index (χ1) is 10.6. The first-order valence-corrected chi connectivity index (χ1v) is 9.22. The quantitative estimate of drug-likeness (QED) is 0.730. The molecule has 0 aromatic heterocycles. The molecule has 1 atom stereocenters. The lowest BCUT2D eigenvalue weighted by Gasteiger charge is -2.33. The summed E-state index contributed by atoms with van der Waals surface area (Å²) in [6.45, 7) is 5.37. The van der Waals surface area contributed by atoms with Crippen molar-refractivity contribution in [3.63, 3.8) is 0 Å². The molecule has 1 saturated heterocycles. The van der Waals surface area contributed by atoms with Gasteiger partial charge < -0.3 is 10.2 Å². The number of nitrogens with one attached hydrogen (secondary N) is 1. The van der Waals surface area contributed by atoms with E-state index in [0.717, 1.165) is 23.9 Å². The molecule has 122 valence electrons. The molecule has 0 radical (unpaired) electrons. The van der Waals surface area contributed by atoms with E-state index in [9.17, 15) is 4.79 Å². The van der Waals surface area contributed by atoms with Crippen LogP contribution < -0.4 is 5.32 Å². The van der Waals surface area contributed by atoms with E-state index in [2.05, 4.69) is 33.1 Å². The van der Waals surface area contributed by atoms with Gasteiger partial charge in [0.15, 0.2) is 0 Å². The van der Waals surface area contributed by atoms with Gasteiger partial charge in [0.05, 0.1) is 10.6 Å². The average molecular weight is 388 g/mol. The van der Waals surface area contributed by atoms with E-state index in [0.29, 0.717) is 23.2 Å². The number of halogens is 2. The highest BCUT2D eigenvalue weighted by Crippen LogP contribution is 2.21. The summed E-state index contributed by atoms with van der Waals surface area (Å²) in [5.41, 5.74) is 0.528. The van der Waals surface area contributed by atoms with Crippen molar-refractivity contribution in [2.45, 2.75) is 45.1 Å². The highest BCUT2D eigenvalue weighted by Gasteiger charge is 2.17. The molecule has 0 bridgehead atoms. The minimum Gasteiger partial charge on any atom is -0.352 e. The third kappa shape index (κ3) is 5.25. The maximum atomic E-state index is 12.1. The number of carbonyl (C=O) groups is 1. The zero-order chi connectivity index (χ0) is 15.9. The van der Waals surface area contributed by atoms with Crippen LogP contribution in [0.3, 0.4) is 0 Å². The molecule has 1 fully saturated rings. The average Bonchev–Trinajstić information content (AvgIpc) is 2.51. The third-order valence-electron chi connectivity index (χ3n) is 4.27. The number of benzene rings is 1. The molecule has 1 aliphatic heterocycles. The first kappa shape index (κ1) is 17.8. The fourth-order valence-electron chi connectivity index (χ4n) is 2.90. The third-order valence-corrected chi connectivity index (χ3v) is 5.09. The van der Waals surface area contributed by atoms with Crippen LogP contribution in [0.15, 0.2) is 22.7 Å². The second kappa shape index (κ2) is 8.90. The second-order valence-corrected chi connectivity index (χ2v) is 7.29. The summed E-state index contributed by atoms with van der Waals surface area (Å²) in [5.74, 6) is -0.0994. The van der Waals surface area contributed by atoms with Gasteiger partial charge in [0.1, 0.15) is 0 Å². The molecular weight excluding hydrogens is 364 g/mol. The summed E-state index contributed by atoms with van der Waals surface area (Å²) in [6.07, 6.45) is 6.12. The van der Waals surface area contributed by atoms with E-state index < -0.39 is 0 Å². The van der Waals surface area contributed by atoms with Crippen molar-refractivity contribution in [3.8, 4) is 0 Å². The van der Waals surface area contributed by atoms with Crippen LogP contribution in [0.4, 0.5) is 0 Å². The summed E-state index contributed by atoms with van der Waals surface area (Å²) in [4.78, 5) is 14.7. The van der Waals surface area contributed by atoms with Crippen molar-refractivity contribution < 1.29 is 4.79 Å². The van der Waals surface area contributed by atoms with E-state index in [-0.39, 0.29) is 5.91 Å². The largest absolute Gasteiger partial charge is 0.352 e. The molecule has 2 rings (SSSR count). The summed E-state index contributed by atoms with van der Waals surface area (Å²) in [5, 5.41) is 3.44. The van der Waals surface area contributed by atoms with Crippen LogP contribution in [0.1, 0.15) is 49.4 Å². The molecule has 1 heterocycles. The maximum Gasteiger partial charge on any atom is 0.252 e. The van der Waals surface area contributed by atoms with E-state index in [4.69, 9.17) is 11.6 Å². The summed E-state index contributed by atoms with van der Waals surface area (Å²) >= 11 is 9.42. The normalized spacial score (nSPS) is 19.1. The summed E-state index contributed by atoms with van der Waals surface area (Å²) in [6, 6.07) is 6.04. The summed E-state index contributed by atoms with van der Waals surface area (Å²) < 4.78 is 0.862. The Hall–Kier alpha value is -0.580. The molecule has 0 spiro atoms. The maximum absolute atomic E-state index is 12.1. The van der Waals surface area contributed by atoms with Gasteiger partial charge in [-0.1, -0.05) is 34.0 Å². The van der Waals surface area contributed by atoms with Crippen LogP contribution in [0.5, 0.6) is 0 Å². The number of piperidine rings is 1. The Bertz CT molecular complexity index is 509. The summed E-state index contributed by atoms with van der Waals surface area (Å²) in [7, 11) is 0. The molecule has 1 aromatic carbocycles. The fourth-order valence-corrected chi connectivity index (χ4v) is 3.46. The molecule has 1 unspecified atom stereocenters. The second-order valence-electron chi connectivity index (χ2n) is 5.97. The van der Waals surface area contributed by atoms with E-state index in [1.807, 2.05) is 6.07 Å². The van der Waals surface area contributed by atoms with Crippen LogP contribution >= 0.6 is 27.5 Å². The fraction of sp³-hybridized carbons (Fsp3) is 0.588. The van der Waals surface area contributed by atoms with Gasteiger partial charge in [0.25, 0.3) is 5.91 Å². The molecule has 1 aliphatic rings. The van der Waals surface area contributed by atoms with Crippen molar-refractivity contribution in [2.24, 2.45) is 0 Å². The van der Waals surface area contributed by atoms with Gasteiger partial charge in [-0.2, -0.15) is 0 Å². The molecule has 22 heavy (non-hydrogen) atoms. The molecule has 3 nitrogen and oxygen atoms in total. The SMILES string of the molecule is CC1CCCCN1CCCCNC(=O)c1cc(Br)ccc1Cl. The minimum absolute atomic E-state index is 0.0994. The van der Waals surface area contributed by atoms with Gasteiger partial charge in [0, 0.05) is 17.1 Å². The Morgan fingerprint density at radius 2 is 2.23 bits per heavy atom. The monoisotopic (exact) mass is 386 g/mol. The molecule has 1 N–H and O–H groups in total. The first-order valence-electron chi connectivity index (χ1n) is 8.05. The van der Waals surface area contributed by atoms with Gasteiger partial charge in [0.2, 0.25) is 0 Å². The van der Waals surface area contributed by atoms with E-state index in [1.54, 1.807) is 12.1 Å². The predicted molar refractivity (Wildman–Crippen MR) is 95.6 cm³/mol. The van der Waals surface area contributed by atoms with Gasteiger partial charge in [-0.05, 0) is 63.9 Å². The lowest BCUT2D eigenvalue weighted by Crippen LogP contribution is -2.38. The molecule has 1 aromatic rings. The molecule has 0 saturated carbocycles. The number of amides is 1. The smallest absolute Gasteiger partial charge is 0.252 e. The van der Waals surface area contributed by atoms with E-state index >= 15 is 0 Å². The number of carbonyl (C=O) groups excluding carboxylic acids is 1. The van der Waals surface area contributed by atoms with Crippen LogP contribution in [-0.2, 0) is 0 Å². The zero-order valence-electron chi connectivity index (χ0n) is 13.1. The van der Waals surface area contributed by atoms with Crippen LogP contribution in [-0.4, -0.2) is 36.5 Å². The molecule has 1 amide bonds. The number of unbranched alkanes of at least 4 members (excludes halogenated alkanes) is 1. The zero-order valence-corrected chi connectivity index (χ0v) is 15.4. The van der Waals surface area contributed by atoms with Crippen molar-refractivity contribution in [3.05, 3.63) is 33.3 Å². The van der Waals surface area contributed by atoms with Crippen molar-refractivity contribution in [1.29, 1.82) is 0 Å². The Kier molecular flexibility index (Phi) is 7.19. The van der Waals surface area contributed by atoms with Gasteiger partial charge in [-0.25, -0.2) is 0 Å². The highest BCUT2D eigenvalue weighted by atomic mass is 79.9. The van der Waals surface area contributed by atoms with Crippen molar-refractivity contribution in [2.75, 3.05) is 19.6 Å². The Balaban J connectivity index is 1.68. The predicted octanol–water partition coefficient (Wildman–Crippen LogP) is 4.49. The van der Waals surface area contributed by atoms with Crippen LogP contribution in [0.2, 0.25) is 5.02 Å². The van der Waals surface area contributed by atoms with Crippen molar-refractivity contribution >= 4 is 33.4 Å². The number of nitrogens with zero attached hydrogens (tertiary/aromatic N) is 1. The van der Waals surface area contributed by atoms with Crippen molar-refractivity contribution in [1.82, 2.24) is 10.2 Å². The minimum atomic E-state index is -0.0994. The topological polar surface area (TPSA) is 32.3 Å². The lowest BCUT2D eigenvalue weighted by molar-refractivity contribution is 0.0951. The molecular formula is C17H24BrClN2O. The standard InChI is InChI=1S/C17H24BrClN2O/c1-13-6-2-4-10-21(13)11-5-3-9-20-17(22)15-12-14(18)7-8-16(15)19/h7-8,12-13H,2-6,9-11H2,1H3,(H,20,22). The highest BCUT2D eigenvalue weighted by molar-refractivity contribution is 9.10. The Morgan fingerprint density at radius 1 is 1.41 bits per heavy atom. The number of hydrogen-bond donors (Lipinski definition) is 1. The van der Waals surface area contributed by atoms with E-state index in [1.165, 1.54) is 25.8 Å².